The third-order valence-corrected chi connectivity index (χ3v) is 7.08. The van der Waals surface area contributed by atoms with Crippen LogP contribution in [-0.4, -0.2) is 59.0 Å². The largest absolute Gasteiger partial charge is 0.502 e. The van der Waals surface area contributed by atoms with E-state index < -0.39 is 23.0 Å². The van der Waals surface area contributed by atoms with Crippen LogP contribution in [0.25, 0.3) is 0 Å². The summed E-state index contributed by atoms with van der Waals surface area (Å²) in [7, 11) is 1.58. The van der Waals surface area contributed by atoms with Crippen molar-refractivity contribution in [1.82, 2.24) is 14.9 Å². The molecule has 2 aliphatic heterocycles. The molecule has 9 nitrogen and oxygen atoms in total. The van der Waals surface area contributed by atoms with E-state index in [9.17, 15) is 23.9 Å². The first kappa shape index (κ1) is 23.5. The number of carbonyl (C=O) groups excluding carboxylic acids is 2. The number of amides is 2. The van der Waals surface area contributed by atoms with Gasteiger partial charge in [-0.3, -0.25) is 24.1 Å². The number of pyridine rings is 1. The lowest BCUT2D eigenvalue weighted by molar-refractivity contribution is 0.0584. The summed E-state index contributed by atoms with van der Waals surface area (Å²) in [6.45, 7) is 2.70. The number of halogens is 2. The van der Waals surface area contributed by atoms with Crippen molar-refractivity contribution in [3.63, 3.8) is 0 Å². The normalized spacial score (nSPS) is 19.5. The molecule has 2 aromatic rings. The van der Waals surface area contributed by atoms with E-state index in [-0.39, 0.29) is 35.8 Å². The molecule has 33 heavy (non-hydrogen) atoms. The molecule has 0 bridgehead atoms. The molecule has 2 amide bonds. The van der Waals surface area contributed by atoms with Crippen LogP contribution < -0.4 is 15.8 Å². The van der Waals surface area contributed by atoms with Crippen LogP contribution in [0.4, 0.5) is 4.39 Å². The van der Waals surface area contributed by atoms with Crippen molar-refractivity contribution in [2.45, 2.75) is 38.5 Å². The number of nitrogens with zero attached hydrogens (tertiary/aromatic N) is 3. The van der Waals surface area contributed by atoms with Crippen LogP contribution in [0.3, 0.4) is 0 Å². The van der Waals surface area contributed by atoms with Gasteiger partial charge in [-0.25, -0.2) is 4.39 Å². The smallest absolute Gasteiger partial charge is 0.278 e. The number of carbonyl (C=O) groups is 2. The van der Waals surface area contributed by atoms with Crippen molar-refractivity contribution in [1.29, 1.82) is 0 Å². The molecule has 0 spiro atoms. The quantitative estimate of drug-likeness (QED) is 0.514. The number of fused-ring (bicyclic) bond motifs is 3. The Morgan fingerprint density at radius 2 is 2.09 bits per heavy atom. The first-order chi connectivity index (χ1) is 15.8. The molecule has 0 unspecified atom stereocenters. The molecule has 0 saturated carbocycles. The number of hydrogen-bond acceptors (Lipinski definition) is 6. The summed E-state index contributed by atoms with van der Waals surface area (Å²) in [5.74, 6) is -2.30. The minimum absolute atomic E-state index is 0.0700. The molecule has 2 atom stereocenters. The highest BCUT2D eigenvalue weighted by atomic mass is 127. The van der Waals surface area contributed by atoms with E-state index in [2.05, 4.69) is 5.32 Å². The zero-order valence-electron chi connectivity index (χ0n) is 18.2. The summed E-state index contributed by atoms with van der Waals surface area (Å²) in [4.78, 5) is 40.5. The van der Waals surface area contributed by atoms with Crippen LogP contribution >= 0.6 is 22.6 Å². The van der Waals surface area contributed by atoms with Crippen molar-refractivity contribution >= 4 is 34.4 Å². The van der Waals surface area contributed by atoms with E-state index in [0.29, 0.717) is 28.7 Å². The summed E-state index contributed by atoms with van der Waals surface area (Å²) in [5.41, 5.74) is -0.683. The first-order valence-electron chi connectivity index (χ1n) is 10.6. The van der Waals surface area contributed by atoms with Crippen molar-refractivity contribution in [3.05, 3.63) is 60.8 Å². The minimum Gasteiger partial charge on any atom is -0.502 e. The molecule has 11 heteroatoms. The molecule has 3 heterocycles. The van der Waals surface area contributed by atoms with E-state index in [1.165, 1.54) is 23.0 Å². The van der Waals surface area contributed by atoms with Gasteiger partial charge in [-0.2, -0.15) is 0 Å². The Hall–Kier alpha value is -2.67. The van der Waals surface area contributed by atoms with E-state index >= 15 is 0 Å². The van der Waals surface area contributed by atoms with E-state index in [4.69, 9.17) is 4.74 Å². The van der Waals surface area contributed by atoms with Crippen LogP contribution in [0.2, 0.25) is 0 Å². The molecule has 1 aromatic carbocycles. The van der Waals surface area contributed by atoms with Crippen molar-refractivity contribution in [2.75, 3.05) is 25.3 Å². The number of ether oxygens (including phenoxy) is 1. The molecule has 176 valence electrons. The Morgan fingerprint density at radius 1 is 1.33 bits per heavy atom. The molecule has 2 N–H and O–H groups in total. The van der Waals surface area contributed by atoms with Gasteiger partial charge in [0, 0.05) is 30.0 Å². The fraction of sp³-hybridized carbons (Fsp3) is 0.409. The zero-order chi connectivity index (χ0) is 23.9. The molecule has 1 saturated heterocycles. The Bertz CT molecular complexity index is 1170. The molecule has 1 aromatic heterocycles. The van der Waals surface area contributed by atoms with Crippen LogP contribution in [0, 0.1) is 9.39 Å². The van der Waals surface area contributed by atoms with Crippen LogP contribution in [0.1, 0.15) is 46.2 Å². The summed E-state index contributed by atoms with van der Waals surface area (Å²) in [5, 5.41) is 15.2. The van der Waals surface area contributed by atoms with E-state index in [1.807, 2.05) is 34.5 Å². The second kappa shape index (κ2) is 9.29. The lowest BCUT2D eigenvalue weighted by atomic mass is 10.1. The number of aromatic hydroxyl groups is 1. The summed E-state index contributed by atoms with van der Waals surface area (Å²) in [6.07, 6.45) is 2.49. The first-order valence-corrected chi connectivity index (χ1v) is 11.7. The van der Waals surface area contributed by atoms with Gasteiger partial charge < -0.3 is 20.1 Å². The predicted molar refractivity (Wildman–Crippen MR) is 126 cm³/mol. The maximum absolute atomic E-state index is 13.3. The highest BCUT2D eigenvalue weighted by Gasteiger charge is 2.46. The second-order valence-corrected chi connectivity index (χ2v) is 9.13. The highest BCUT2D eigenvalue weighted by molar-refractivity contribution is 14.1. The van der Waals surface area contributed by atoms with Crippen LogP contribution in [0.15, 0.2) is 29.2 Å². The molecular formula is C22H24FIN4O5. The topological polar surface area (TPSA) is 104 Å². The van der Waals surface area contributed by atoms with Gasteiger partial charge in [0.15, 0.2) is 11.4 Å². The number of benzene rings is 1. The Morgan fingerprint density at radius 3 is 2.76 bits per heavy atom. The van der Waals surface area contributed by atoms with Crippen LogP contribution in [0.5, 0.6) is 5.75 Å². The van der Waals surface area contributed by atoms with Gasteiger partial charge >= 0.3 is 0 Å². The molecular weight excluding hydrogens is 546 g/mol. The van der Waals surface area contributed by atoms with Gasteiger partial charge in [0.1, 0.15) is 17.5 Å². The Balaban J connectivity index is 1.72. The third kappa shape index (κ3) is 4.07. The van der Waals surface area contributed by atoms with E-state index in [0.717, 1.165) is 6.42 Å². The molecule has 2 aliphatic rings. The average molecular weight is 570 g/mol. The maximum atomic E-state index is 13.3. The second-order valence-electron chi connectivity index (χ2n) is 7.97. The number of methoxy groups -OCH3 is 1. The maximum Gasteiger partial charge on any atom is 0.278 e. The summed E-state index contributed by atoms with van der Waals surface area (Å²) in [6, 6.07) is 4.09. The van der Waals surface area contributed by atoms with Gasteiger partial charge in [-0.05, 0) is 60.1 Å². The Kier molecular flexibility index (Phi) is 6.61. The predicted octanol–water partition coefficient (Wildman–Crippen LogP) is 1.78. The minimum atomic E-state index is -0.919. The zero-order valence-corrected chi connectivity index (χ0v) is 20.3. The highest BCUT2D eigenvalue weighted by Crippen LogP contribution is 2.33. The standard InChI is InChI=1S/C22H24FIN4O5/c1-3-26-17-7-6-14(11-33-2)28(17)27-10-15(19(29)20(30)18(27)22(26)32)21(31)25-9-12-4-5-13(23)8-16(12)24/h4-5,8,10,14,17,30H,3,6-7,9,11H2,1-2H3,(H,25,31)/t14-,17+/m1/s1. The number of nitrogens with one attached hydrogen (secondary N) is 1. The summed E-state index contributed by atoms with van der Waals surface area (Å²) < 4.78 is 20.7. The lowest BCUT2D eigenvalue weighted by Gasteiger charge is -2.44. The van der Waals surface area contributed by atoms with Gasteiger partial charge in [0.2, 0.25) is 5.43 Å². The number of hydrogen-bond donors (Lipinski definition) is 2. The Labute approximate surface area is 203 Å². The van der Waals surface area contributed by atoms with Gasteiger partial charge in [0.05, 0.1) is 12.6 Å². The van der Waals surface area contributed by atoms with E-state index in [1.54, 1.807) is 18.1 Å². The van der Waals surface area contributed by atoms with Crippen molar-refractivity contribution in [2.24, 2.45) is 0 Å². The fourth-order valence-electron chi connectivity index (χ4n) is 4.51. The monoisotopic (exact) mass is 570 g/mol. The van der Waals surface area contributed by atoms with Crippen molar-refractivity contribution in [3.8, 4) is 5.75 Å². The molecule has 4 rings (SSSR count). The van der Waals surface area contributed by atoms with Gasteiger partial charge in [-0.1, -0.05) is 6.07 Å². The summed E-state index contributed by atoms with van der Waals surface area (Å²) >= 11 is 1.96. The third-order valence-electron chi connectivity index (χ3n) is 6.07. The fourth-order valence-corrected chi connectivity index (χ4v) is 5.18. The average Bonchev–Trinajstić information content (AvgIpc) is 3.19. The molecule has 1 fully saturated rings. The van der Waals surface area contributed by atoms with Crippen molar-refractivity contribution < 1.29 is 23.8 Å². The molecule has 0 radical (unpaired) electrons. The number of aromatic nitrogens is 1. The SMILES string of the molecule is CCN1C(=O)c2c(O)c(=O)c(C(=O)NCc3ccc(F)cc3I)cn2N2[C@@H](COC)CC[C@@H]12. The lowest BCUT2D eigenvalue weighted by Crippen LogP contribution is -2.61. The van der Waals surface area contributed by atoms with Crippen LogP contribution in [-0.2, 0) is 11.3 Å². The molecule has 0 aliphatic carbocycles. The van der Waals surface area contributed by atoms with Gasteiger partial charge in [0.25, 0.3) is 11.8 Å². The number of rotatable bonds is 6. The van der Waals surface area contributed by atoms with Gasteiger partial charge in [-0.15, -0.1) is 0 Å².